The first-order valence-corrected chi connectivity index (χ1v) is 7.26. The van der Waals surface area contributed by atoms with Crippen LogP contribution in [0.2, 0.25) is 0 Å². The van der Waals surface area contributed by atoms with Gasteiger partial charge in [0.05, 0.1) is 4.20 Å². The zero-order valence-corrected chi connectivity index (χ0v) is 11.5. The molecule has 0 atom stereocenters. The molecule has 0 radical (unpaired) electrons. The molecule has 1 aromatic rings. The van der Waals surface area contributed by atoms with Crippen LogP contribution in [0.3, 0.4) is 0 Å². The molecule has 1 aromatic carbocycles. The molecule has 0 N–H and O–H groups in total. The van der Waals surface area contributed by atoms with E-state index in [0.29, 0.717) is 0 Å². The number of rotatable bonds is 5. The molecule has 86 valence electrons. The van der Waals surface area contributed by atoms with Gasteiger partial charge in [-0.2, -0.15) is 0 Å². The van der Waals surface area contributed by atoms with E-state index in [-0.39, 0.29) is 0 Å². The summed E-state index contributed by atoms with van der Waals surface area (Å²) in [6.45, 7) is 2.21. The highest BCUT2D eigenvalue weighted by atomic mass is 32.2. The van der Waals surface area contributed by atoms with Crippen LogP contribution < -0.4 is 0 Å². The minimum absolute atomic E-state index is 0.988. The fourth-order valence-electron chi connectivity index (χ4n) is 1.50. The lowest BCUT2D eigenvalue weighted by Crippen LogP contribution is -1.93. The first-order chi connectivity index (χ1) is 7.79. The van der Waals surface area contributed by atoms with Gasteiger partial charge < -0.3 is 0 Å². The molecule has 0 amide bonds. The molecule has 1 rings (SSSR count). The minimum Gasteiger partial charge on any atom is -0.117 e. The van der Waals surface area contributed by atoms with Crippen LogP contribution in [0, 0.1) is 0 Å². The van der Waals surface area contributed by atoms with Crippen LogP contribution in [0.25, 0.3) is 5.57 Å². The van der Waals surface area contributed by atoms with Crippen LogP contribution in [-0.2, 0) is 0 Å². The average Bonchev–Trinajstić information content (AvgIpc) is 2.35. The van der Waals surface area contributed by atoms with Crippen molar-refractivity contribution >= 4 is 33.7 Å². The van der Waals surface area contributed by atoms with E-state index in [1.165, 1.54) is 24.0 Å². The lowest BCUT2D eigenvalue weighted by Gasteiger charge is -2.07. The Hall–Kier alpha value is -0.600. The maximum atomic E-state index is 5.40. The molecule has 0 saturated carbocycles. The summed E-state index contributed by atoms with van der Waals surface area (Å²) in [4.78, 5) is 0. The zero-order chi connectivity index (χ0) is 11.8. The Labute approximate surface area is 108 Å². The van der Waals surface area contributed by atoms with Gasteiger partial charge in [0.2, 0.25) is 0 Å². The van der Waals surface area contributed by atoms with Gasteiger partial charge in [0, 0.05) is 5.57 Å². The van der Waals surface area contributed by atoms with Crippen molar-refractivity contribution in [1.29, 1.82) is 0 Å². The number of thiocarbonyl (C=S) groups is 1. The summed E-state index contributed by atoms with van der Waals surface area (Å²) in [6, 6.07) is 10.4. The van der Waals surface area contributed by atoms with Crippen LogP contribution in [0.4, 0.5) is 0 Å². The lowest BCUT2D eigenvalue weighted by molar-refractivity contribution is 0.816. The highest BCUT2D eigenvalue weighted by molar-refractivity contribution is 8.24. The maximum absolute atomic E-state index is 5.40. The monoisotopic (exact) mass is 250 g/mol. The highest BCUT2D eigenvalue weighted by Crippen LogP contribution is 2.22. The Balaban J connectivity index is 2.88. The summed E-state index contributed by atoms with van der Waals surface area (Å²) < 4.78 is 0.988. The van der Waals surface area contributed by atoms with Crippen LogP contribution in [0.1, 0.15) is 31.7 Å². The van der Waals surface area contributed by atoms with Crippen LogP contribution >= 0.6 is 24.0 Å². The molecule has 0 aliphatic heterocycles. The van der Waals surface area contributed by atoms with Crippen molar-refractivity contribution in [2.45, 2.75) is 26.2 Å². The normalized spacial score (nSPS) is 11.5. The molecule has 0 fully saturated rings. The van der Waals surface area contributed by atoms with E-state index in [0.717, 1.165) is 10.6 Å². The van der Waals surface area contributed by atoms with E-state index in [2.05, 4.69) is 37.3 Å². The summed E-state index contributed by atoms with van der Waals surface area (Å²) >= 11 is 7.05. The summed E-state index contributed by atoms with van der Waals surface area (Å²) in [5, 5.41) is 0. The molecule has 0 aliphatic carbocycles. The van der Waals surface area contributed by atoms with Crippen LogP contribution in [0.15, 0.2) is 36.4 Å². The number of allylic oxidation sites excluding steroid dienone is 1. The number of unbranched alkanes of at least 4 members (excludes halogenated alkanes) is 2. The standard InChI is InChI=1S/C14H18S2/c1-3-4-6-11-13(14(15)16-2)12-9-7-5-8-10-12/h5,7-11H,3-4,6H2,1-2H3/b13-11-. The minimum atomic E-state index is 0.988. The largest absolute Gasteiger partial charge is 0.117 e. The molecule has 0 bridgehead atoms. The van der Waals surface area contributed by atoms with Gasteiger partial charge in [-0.1, -0.05) is 68.4 Å². The topological polar surface area (TPSA) is 0 Å². The van der Waals surface area contributed by atoms with Gasteiger partial charge in [-0.15, -0.1) is 11.8 Å². The van der Waals surface area contributed by atoms with E-state index in [1.807, 2.05) is 12.3 Å². The Morgan fingerprint density at radius 2 is 2.00 bits per heavy atom. The molecular weight excluding hydrogens is 232 g/mol. The summed E-state index contributed by atoms with van der Waals surface area (Å²) in [6.07, 6.45) is 7.88. The SMILES string of the molecule is CCCC/C=C(\C(=S)SC)c1ccccc1. The Kier molecular flexibility index (Phi) is 6.43. The highest BCUT2D eigenvalue weighted by Gasteiger charge is 2.05. The molecule has 0 saturated heterocycles. The fourth-order valence-corrected chi connectivity index (χ4v) is 2.12. The fraction of sp³-hybridized carbons (Fsp3) is 0.357. The summed E-state index contributed by atoms with van der Waals surface area (Å²) in [5.74, 6) is 0. The molecule has 0 aliphatic rings. The Bertz CT molecular complexity index is 352. The summed E-state index contributed by atoms with van der Waals surface area (Å²) in [7, 11) is 0. The van der Waals surface area contributed by atoms with Crippen molar-refractivity contribution < 1.29 is 0 Å². The van der Waals surface area contributed by atoms with Crippen molar-refractivity contribution in [3.05, 3.63) is 42.0 Å². The molecule has 0 heterocycles. The molecule has 2 heteroatoms. The van der Waals surface area contributed by atoms with Crippen molar-refractivity contribution in [3.63, 3.8) is 0 Å². The Morgan fingerprint density at radius 3 is 2.56 bits per heavy atom. The van der Waals surface area contributed by atoms with Gasteiger partial charge in [-0.25, -0.2) is 0 Å². The van der Waals surface area contributed by atoms with Crippen LogP contribution in [-0.4, -0.2) is 10.5 Å². The number of hydrogen-bond donors (Lipinski definition) is 0. The molecule has 0 aromatic heterocycles. The number of benzene rings is 1. The third kappa shape index (κ3) is 4.11. The van der Waals surface area contributed by atoms with Gasteiger partial charge in [-0.05, 0) is 18.2 Å². The quantitative estimate of drug-likeness (QED) is 0.412. The van der Waals surface area contributed by atoms with Crippen LogP contribution in [0.5, 0.6) is 0 Å². The molecule has 0 nitrogen and oxygen atoms in total. The predicted octanol–water partition coefficient (Wildman–Crippen LogP) is 4.95. The van der Waals surface area contributed by atoms with E-state index in [1.54, 1.807) is 11.8 Å². The molecular formula is C14H18S2. The van der Waals surface area contributed by atoms with Gasteiger partial charge in [0.1, 0.15) is 0 Å². The second-order valence-corrected chi connectivity index (χ2v) is 5.10. The van der Waals surface area contributed by atoms with Gasteiger partial charge >= 0.3 is 0 Å². The molecule has 0 spiro atoms. The lowest BCUT2D eigenvalue weighted by atomic mass is 10.1. The summed E-state index contributed by atoms with van der Waals surface area (Å²) in [5.41, 5.74) is 2.45. The van der Waals surface area contributed by atoms with Gasteiger partial charge in [0.15, 0.2) is 0 Å². The van der Waals surface area contributed by atoms with Crippen molar-refractivity contribution in [2.75, 3.05) is 6.26 Å². The van der Waals surface area contributed by atoms with Crippen molar-refractivity contribution in [1.82, 2.24) is 0 Å². The first-order valence-electron chi connectivity index (χ1n) is 5.63. The Morgan fingerprint density at radius 1 is 1.31 bits per heavy atom. The third-order valence-electron chi connectivity index (χ3n) is 2.40. The molecule has 0 unspecified atom stereocenters. The van der Waals surface area contributed by atoms with Gasteiger partial charge in [-0.3, -0.25) is 0 Å². The van der Waals surface area contributed by atoms with Gasteiger partial charge in [0.25, 0.3) is 0 Å². The second kappa shape index (κ2) is 7.64. The second-order valence-electron chi connectivity index (χ2n) is 3.62. The van der Waals surface area contributed by atoms with Crippen molar-refractivity contribution in [3.8, 4) is 0 Å². The zero-order valence-electron chi connectivity index (χ0n) is 9.90. The van der Waals surface area contributed by atoms with E-state index < -0.39 is 0 Å². The molecule has 16 heavy (non-hydrogen) atoms. The number of thioether (sulfide) groups is 1. The van der Waals surface area contributed by atoms with Crippen molar-refractivity contribution in [2.24, 2.45) is 0 Å². The smallest absolute Gasteiger partial charge is 0.0778 e. The van der Waals surface area contributed by atoms with E-state index in [9.17, 15) is 0 Å². The number of hydrogen-bond acceptors (Lipinski definition) is 2. The average molecular weight is 250 g/mol. The maximum Gasteiger partial charge on any atom is 0.0778 e. The van der Waals surface area contributed by atoms with E-state index >= 15 is 0 Å². The first kappa shape index (κ1) is 13.5. The predicted molar refractivity (Wildman–Crippen MR) is 80.1 cm³/mol. The van der Waals surface area contributed by atoms with E-state index in [4.69, 9.17) is 12.2 Å². The third-order valence-corrected chi connectivity index (χ3v) is 3.71.